The monoisotopic (exact) mass is 480 g/mol. The number of amides is 3. The van der Waals surface area contributed by atoms with Crippen LogP contribution in [0, 0.1) is 0 Å². The van der Waals surface area contributed by atoms with E-state index in [1.807, 2.05) is 54.6 Å². The van der Waals surface area contributed by atoms with Crippen molar-refractivity contribution in [2.24, 2.45) is 0 Å². The number of hydrogen-bond acceptors (Lipinski definition) is 5. The van der Waals surface area contributed by atoms with Crippen LogP contribution >= 0.6 is 0 Å². The first-order valence-corrected chi connectivity index (χ1v) is 11.4. The summed E-state index contributed by atoms with van der Waals surface area (Å²) in [5.74, 6) is 0.672. The number of para-hydroxylation sites is 1. The van der Waals surface area contributed by atoms with Crippen LogP contribution in [0.5, 0.6) is 5.75 Å². The molecule has 0 saturated heterocycles. The third kappa shape index (κ3) is 5.10. The smallest absolute Gasteiger partial charge is 0.319 e. The predicted octanol–water partition coefficient (Wildman–Crippen LogP) is 4.74. The average Bonchev–Trinajstić information content (AvgIpc) is 3.32. The van der Waals surface area contributed by atoms with Gasteiger partial charge in [-0.25, -0.2) is 9.78 Å². The van der Waals surface area contributed by atoms with Crippen LogP contribution in [0.3, 0.4) is 0 Å². The number of ether oxygens (including phenoxy) is 1. The first kappa shape index (κ1) is 22.9. The molecule has 5 aromatic rings. The number of carbonyl (C=O) groups excluding carboxylic acids is 2. The number of methoxy groups -OCH3 is 1. The fourth-order valence-corrected chi connectivity index (χ4v) is 3.85. The molecule has 3 aromatic carbocycles. The lowest BCUT2D eigenvalue weighted by Gasteiger charge is -2.08. The van der Waals surface area contributed by atoms with Crippen LogP contribution < -0.4 is 20.7 Å². The Morgan fingerprint density at radius 1 is 0.944 bits per heavy atom. The number of imidazole rings is 1. The number of pyridine rings is 1. The molecule has 36 heavy (non-hydrogen) atoms. The third-order valence-electron chi connectivity index (χ3n) is 5.71. The summed E-state index contributed by atoms with van der Waals surface area (Å²) in [6, 6.07) is 22.2. The number of benzene rings is 3. The first-order chi connectivity index (χ1) is 17.6. The summed E-state index contributed by atoms with van der Waals surface area (Å²) < 4.78 is 5.16. The number of H-pyrrole nitrogens is 1. The number of carbonyl (C=O) groups is 2. The van der Waals surface area contributed by atoms with Gasteiger partial charge in [-0.2, -0.15) is 0 Å². The topological polar surface area (TPSA) is 121 Å². The van der Waals surface area contributed by atoms with E-state index in [1.54, 1.807) is 31.5 Å². The lowest BCUT2D eigenvalue weighted by molar-refractivity contribution is 0.102. The summed E-state index contributed by atoms with van der Waals surface area (Å²) >= 11 is 0. The van der Waals surface area contributed by atoms with Crippen molar-refractivity contribution < 1.29 is 14.3 Å². The predicted molar refractivity (Wildman–Crippen MR) is 140 cm³/mol. The van der Waals surface area contributed by atoms with E-state index in [4.69, 9.17) is 4.74 Å². The lowest BCUT2D eigenvalue weighted by atomic mass is 10.1. The second-order valence-corrected chi connectivity index (χ2v) is 8.14. The average molecular weight is 481 g/mol. The number of fused-ring (bicyclic) bond motifs is 2. The number of hydrogen-bond donors (Lipinski definition) is 4. The zero-order valence-electron chi connectivity index (χ0n) is 19.5. The largest absolute Gasteiger partial charge is 0.497 e. The molecule has 0 saturated carbocycles. The zero-order valence-corrected chi connectivity index (χ0v) is 19.5. The van der Waals surface area contributed by atoms with E-state index in [2.05, 4.69) is 30.9 Å². The molecule has 9 heteroatoms. The Labute approximate surface area is 206 Å². The van der Waals surface area contributed by atoms with Crippen LogP contribution in [0.2, 0.25) is 0 Å². The molecule has 0 fully saturated rings. The minimum Gasteiger partial charge on any atom is -0.497 e. The van der Waals surface area contributed by atoms with Crippen molar-refractivity contribution >= 4 is 45.4 Å². The van der Waals surface area contributed by atoms with Crippen molar-refractivity contribution in [2.75, 3.05) is 24.3 Å². The molecule has 4 N–H and O–H groups in total. The Morgan fingerprint density at radius 3 is 2.56 bits per heavy atom. The maximum atomic E-state index is 12.7. The highest BCUT2D eigenvalue weighted by atomic mass is 16.5. The summed E-state index contributed by atoms with van der Waals surface area (Å²) in [5.41, 5.74) is 3.10. The minimum absolute atomic E-state index is 0.263. The first-order valence-electron chi connectivity index (χ1n) is 11.4. The number of urea groups is 1. The highest BCUT2D eigenvalue weighted by Crippen LogP contribution is 2.23. The Balaban J connectivity index is 1.23. The van der Waals surface area contributed by atoms with Gasteiger partial charge in [-0.05, 0) is 47.7 Å². The molecule has 0 bridgehead atoms. The molecule has 9 nitrogen and oxygen atoms in total. The van der Waals surface area contributed by atoms with Crippen molar-refractivity contribution in [3.63, 3.8) is 0 Å². The fourth-order valence-electron chi connectivity index (χ4n) is 3.85. The van der Waals surface area contributed by atoms with Crippen LogP contribution in [0.25, 0.3) is 21.8 Å². The van der Waals surface area contributed by atoms with Gasteiger partial charge in [0, 0.05) is 18.1 Å². The highest BCUT2D eigenvalue weighted by Gasteiger charge is 2.14. The van der Waals surface area contributed by atoms with Gasteiger partial charge in [0.15, 0.2) is 0 Å². The maximum Gasteiger partial charge on any atom is 0.319 e. The van der Waals surface area contributed by atoms with Crippen molar-refractivity contribution in [1.82, 2.24) is 20.3 Å². The molecule has 0 aliphatic carbocycles. The molecule has 180 valence electrons. The normalized spacial score (nSPS) is 10.8. The molecule has 0 atom stereocenters. The fraction of sp³-hybridized carbons (Fsp3) is 0.111. The quantitative estimate of drug-likeness (QED) is 0.268. The molecular weight excluding hydrogens is 456 g/mol. The van der Waals surface area contributed by atoms with Crippen LogP contribution in [-0.2, 0) is 6.42 Å². The Hall–Kier alpha value is -4.92. The Kier molecular flexibility index (Phi) is 6.44. The SMILES string of the molecule is COc1ccc(CCNC(=O)Nc2cccc3[nH]c(NC(=O)c4cc5ccccc5cn4)nc23)cc1. The van der Waals surface area contributed by atoms with Crippen molar-refractivity contribution in [2.45, 2.75) is 6.42 Å². The molecule has 5 rings (SSSR count). The Morgan fingerprint density at radius 2 is 1.75 bits per heavy atom. The van der Waals surface area contributed by atoms with Gasteiger partial charge in [0.1, 0.15) is 17.0 Å². The number of anilines is 2. The van der Waals surface area contributed by atoms with Gasteiger partial charge in [0.25, 0.3) is 5.91 Å². The lowest BCUT2D eigenvalue weighted by Crippen LogP contribution is -2.30. The van der Waals surface area contributed by atoms with Gasteiger partial charge < -0.3 is 20.4 Å². The van der Waals surface area contributed by atoms with Crippen LogP contribution in [0.15, 0.2) is 79.0 Å². The summed E-state index contributed by atoms with van der Waals surface area (Å²) in [5, 5.41) is 10.3. The summed E-state index contributed by atoms with van der Waals surface area (Å²) in [6.45, 7) is 0.467. The molecule has 2 heterocycles. The van der Waals surface area contributed by atoms with E-state index >= 15 is 0 Å². The summed E-state index contributed by atoms with van der Waals surface area (Å²) in [7, 11) is 1.62. The minimum atomic E-state index is -0.384. The molecule has 0 unspecified atom stereocenters. The van der Waals surface area contributed by atoms with Crippen LogP contribution in [0.4, 0.5) is 16.4 Å². The molecule has 0 aliphatic rings. The van der Waals surface area contributed by atoms with Crippen molar-refractivity contribution in [1.29, 1.82) is 0 Å². The van der Waals surface area contributed by atoms with Gasteiger partial charge >= 0.3 is 6.03 Å². The van der Waals surface area contributed by atoms with E-state index in [9.17, 15) is 9.59 Å². The van der Waals surface area contributed by atoms with Crippen LogP contribution in [-0.4, -0.2) is 40.5 Å². The highest BCUT2D eigenvalue weighted by molar-refractivity contribution is 6.05. The van der Waals surface area contributed by atoms with E-state index in [0.29, 0.717) is 29.7 Å². The van der Waals surface area contributed by atoms with Crippen molar-refractivity contribution in [3.05, 3.63) is 90.3 Å². The summed E-state index contributed by atoms with van der Waals surface area (Å²) in [6.07, 6.45) is 2.35. The number of aromatic nitrogens is 3. The second-order valence-electron chi connectivity index (χ2n) is 8.14. The standard InChI is InChI=1S/C27H24N6O3/c1-36-20-11-9-17(10-12-20)13-14-28-27(35)31-22-8-4-7-21-24(22)32-26(30-21)33-25(34)23-15-18-5-2-3-6-19(18)16-29-23/h2-12,15-16H,13-14H2,1H3,(H2,28,31,35)(H2,30,32,33,34). The molecular formula is C27H24N6O3. The number of aromatic amines is 1. The van der Waals surface area contributed by atoms with Gasteiger partial charge in [-0.3, -0.25) is 15.1 Å². The molecule has 2 aromatic heterocycles. The molecule has 0 radical (unpaired) electrons. The second kappa shape index (κ2) is 10.1. The Bertz CT molecular complexity index is 1540. The van der Waals surface area contributed by atoms with Crippen molar-refractivity contribution in [3.8, 4) is 5.75 Å². The summed E-state index contributed by atoms with van der Waals surface area (Å²) in [4.78, 5) is 37.0. The van der Waals surface area contributed by atoms with Gasteiger partial charge in [-0.1, -0.05) is 42.5 Å². The third-order valence-corrected chi connectivity index (χ3v) is 5.71. The number of rotatable bonds is 7. The molecule has 0 aliphatic heterocycles. The zero-order chi connectivity index (χ0) is 24.9. The van der Waals surface area contributed by atoms with E-state index in [1.165, 1.54) is 0 Å². The van der Waals surface area contributed by atoms with Gasteiger partial charge in [0.2, 0.25) is 5.95 Å². The van der Waals surface area contributed by atoms with Gasteiger partial charge in [-0.15, -0.1) is 0 Å². The number of nitrogens with one attached hydrogen (secondary N) is 4. The van der Waals surface area contributed by atoms with E-state index in [0.717, 1.165) is 22.1 Å². The van der Waals surface area contributed by atoms with E-state index < -0.39 is 0 Å². The number of nitrogens with zero attached hydrogens (tertiary/aromatic N) is 2. The molecule has 0 spiro atoms. The molecule has 3 amide bonds. The van der Waals surface area contributed by atoms with Gasteiger partial charge in [0.05, 0.1) is 18.3 Å². The van der Waals surface area contributed by atoms with E-state index in [-0.39, 0.29) is 23.6 Å². The van der Waals surface area contributed by atoms with Crippen LogP contribution in [0.1, 0.15) is 16.1 Å². The maximum absolute atomic E-state index is 12.7.